The molecule has 1 aromatic heterocycles. The van der Waals surface area contributed by atoms with Gasteiger partial charge in [0.25, 0.3) is 0 Å². The standard InChI is InChI=1S/C28H33F3N6/c1-4-8-36-9-6-23(7-10-36)37-11-5-19-14-25-24(16-26(19)37)27(35-18(3)34-25)33-17(2)20-12-21(28(29,30)31)15-22(32)13-20/h4,12-17,23H,1,5-11,32H2,2-3H3,(H,33,34,35). The number of piperidine rings is 1. The predicted octanol–water partition coefficient (Wildman–Crippen LogP) is 5.73. The first-order valence-corrected chi connectivity index (χ1v) is 12.8. The summed E-state index contributed by atoms with van der Waals surface area (Å²) < 4.78 is 40.1. The highest BCUT2D eigenvalue weighted by Gasteiger charge is 2.32. The number of hydrogen-bond acceptors (Lipinski definition) is 6. The van der Waals surface area contributed by atoms with Crippen LogP contribution in [0.15, 0.2) is 43.0 Å². The van der Waals surface area contributed by atoms with Crippen molar-refractivity contribution in [3.8, 4) is 0 Å². The Bertz CT molecular complexity index is 1310. The maximum absolute atomic E-state index is 13.4. The van der Waals surface area contributed by atoms with Crippen molar-refractivity contribution in [1.82, 2.24) is 14.9 Å². The number of likely N-dealkylation sites (tertiary alicyclic amines) is 1. The van der Waals surface area contributed by atoms with E-state index in [9.17, 15) is 13.2 Å². The third-order valence-corrected chi connectivity index (χ3v) is 7.48. The van der Waals surface area contributed by atoms with Crippen LogP contribution in [0, 0.1) is 6.92 Å². The van der Waals surface area contributed by atoms with Gasteiger partial charge in [-0.1, -0.05) is 6.08 Å². The fourth-order valence-electron chi connectivity index (χ4n) is 5.62. The van der Waals surface area contributed by atoms with Crippen LogP contribution in [0.25, 0.3) is 10.9 Å². The number of fused-ring (bicyclic) bond motifs is 2. The van der Waals surface area contributed by atoms with Crippen LogP contribution in [-0.4, -0.2) is 47.1 Å². The number of halogens is 3. The number of nitrogens with zero attached hydrogens (tertiary/aromatic N) is 4. The predicted molar refractivity (Wildman–Crippen MR) is 143 cm³/mol. The van der Waals surface area contributed by atoms with E-state index in [1.165, 1.54) is 11.3 Å². The summed E-state index contributed by atoms with van der Waals surface area (Å²) in [5.41, 5.74) is 8.91. The average Bonchev–Trinajstić information content (AvgIpc) is 3.25. The van der Waals surface area contributed by atoms with E-state index in [1.54, 1.807) is 6.07 Å². The fourth-order valence-corrected chi connectivity index (χ4v) is 5.62. The van der Waals surface area contributed by atoms with Crippen LogP contribution in [0.5, 0.6) is 0 Å². The molecule has 6 nitrogen and oxygen atoms in total. The van der Waals surface area contributed by atoms with Crippen LogP contribution < -0.4 is 16.0 Å². The Labute approximate surface area is 215 Å². The number of nitrogens with one attached hydrogen (secondary N) is 1. The summed E-state index contributed by atoms with van der Waals surface area (Å²) in [7, 11) is 0. The van der Waals surface area contributed by atoms with Gasteiger partial charge in [0.15, 0.2) is 0 Å². The van der Waals surface area contributed by atoms with Crippen molar-refractivity contribution in [3.63, 3.8) is 0 Å². The number of nitrogen functional groups attached to an aromatic ring is 1. The first kappa shape index (κ1) is 25.3. The Morgan fingerprint density at radius 1 is 1.14 bits per heavy atom. The molecule has 1 atom stereocenters. The van der Waals surface area contributed by atoms with Gasteiger partial charge < -0.3 is 16.0 Å². The SMILES string of the molecule is C=CCN1CCC(N2CCc3cc4nc(C)nc(NC(C)c5cc(N)cc(C(F)(F)F)c5)c4cc32)CC1. The summed E-state index contributed by atoms with van der Waals surface area (Å²) in [5, 5.41) is 4.21. The lowest BCUT2D eigenvalue weighted by atomic mass is 10.0. The summed E-state index contributed by atoms with van der Waals surface area (Å²) in [5.74, 6) is 1.22. The Kier molecular flexibility index (Phi) is 6.74. The molecule has 0 bridgehead atoms. The average molecular weight is 511 g/mol. The normalized spacial score (nSPS) is 17.7. The van der Waals surface area contributed by atoms with Gasteiger partial charge in [-0.2, -0.15) is 13.2 Å². The zero-order valence-corrected chi connectivity index (χ0v) is 21.3. The minimum absolute atomic E-state index is 0.0785. The quantitative estimate of drug-likeness (QED) is 0.326. The van der Waals surface area contributed by atoms with Crippen LogP contribution in [0.1, 0.15) is 48.3 Å². The van der Waals surface area contributed by atoms with Crippen molar-refractivity contribution in [3.05, 3.63) is 65.5 Å². The van der Waals surface area contributed by atoms with Crippen molar-refractivity contribution in [2.45, 2.75) is 51.4 Å². The molecule has 2 aromatic carbocycles. The largest absolute Gasteiger partial charge is 0.416 e. The van der Waals surface area contributed by atoms with Gasteiger partial charge >= 0.3 is 6.18 Å². The van der Waals surface area contributed by atoms with Gasteiger partial charge in [-0.3, -0.25) is 4.90 Å². The molecular weight excluding hydrogens is 477 g/mol. The van der Waals surface area contributed by atoms with Gasteiger partial charge in [0.05, 0.1) is 17.1 Å². The Morgan fingerprint density at radius 3 is 2.59 bits per heavy atom. The highest BCUT2D eigenvalue weighted by Crippen LogP contribution is 2.38. The molecule has 2 aliphatic heterocycles. The zero-order chi connectivity index (χ0) is 26.3. The molecule has 9 heteroatoms. The van der Waals surface area contributed by atoms with Crippen LogP contribution in [0.3, 0.4) is 0 Å². The third-order valence-electron chi connectivity index (χ3n) is 7.48. The van der Waals surface area contributed by atoms with Gasteiger partial charge in [0.2, 0.25) is 0 Å². The molecule has 2 aliphatic rings. The maximum atomic E-state index is 13.4. The van der Waals surface area contributed by atoms with E-state index in [1.807, 2.05) is 19.9 Å². The zero-order valence-electron chi connectivity index (χ0n) is 21.3. The van der Waals surface area contributed by atoms with E-state index in [0.717, 1.165) is 68.5 Å². The number of aromatic nitrogens is 2. The smallest absolute Gasteiger partial charge is 0.399 e. The lowest BCUT2D eigenvalue weighted by Crippen LogP contribution is -2.44. The van der Waals surface area contributed by atoms with Gasteiger partial charge in [-0.05, 0) is 74.6 Å². The number of rotatable bonds is 6. The lowest BCUT2D eigenvalue weighted by Gasteiger charge is -2.37. The number of benzene rings is 2. The number of hydrogen-bond donors (Lipinski definition) is 2. The molecule has 1 fully saturated rings. The molecule has 1 saturated heterocycles. The van der Waals surface area contributed by atoms with Crippen molar-refractivity contribution >= 4 is 28.1 Å². The van der Waals surface area contributed by atoms with Crippen LogP contribution in [0.2, 0.25) is 0 Å². The summed E-state index contributed by atoms with van der Waals surface area (Å²) in [6, 6.07) is 8.01. The molecule has 3 N–H and O–H groups in total. The molecular formula is C28H33F3N6. The Hall–Kier alpha value is -3.33. The number of nitrogens with two attached hydrogens (primary N) is 1. The second-order valence-electron chi connectivity index (χ2n) is 10.1. The number of anilines is 3. The maximum Gasteiger partial charge on any atom is 0.416 e. The molecule has 0 aliphatic carbocycles. The first-order chi connectivity index (χ1) is 17.6. The highest BCUT2D eigenvalue weighted by molar-refractivity contribution is 5.93. The van der Waals surface area contributed by atoms with Gasteiger partial charge in [-0.25, -0.2) is 9.97 Å². The van der Waals surface area contributed by atoms with E-state index in [-0.39, 0.29) is 5.69 Å². The fraction of sp³-hybridized carbons (Fsp3) is 0.429. The summed E-state index contributed by atoms with van der Waals surface area (Å²) in [4.78, 5) is 14.3. The molecule has 5 rings (SSSR count). The molecule has 0 radical (unpaired) electrons. The van der Waals surface area contributed by atoms with Crippen LogP contribution in [0.4, 0.5) is 30.4 Å². The minimum Gasteiger partial charge on any atom is -0.399 e. The van der Waals surface area contributed by atoms with Gasteiger partial charge in [0, 0.05) is 49.0 Å². The molecule has 0 amide bonds. The van der Waals surface area contributed by atoms with Crippen molar-refractivity contribution in [2.24, 2.45) is 0 Å². The van der Waals surface area contributed by atoms with Crippen molar-refractivity contribution in [2.75, 3.05) is 42.1 Å². The molecule has 0 saturated carbocycles. The first-order valence-electron chi connectivity index (χ1n) is 12.8. The molecule has 0 spiro atoms. The molecule has 3 aromatic rings. The van der Waals surface area contributed by atoms with Crippen molar-refractivity contribution < 1.29 is 13.2 Å². The van der Waals surface area contributed by atoms with E-state index < -0.39 is 17.8 Å². The molecule has 196 valence electrons. The number of aryl methyl sites for hydroxylation is 1. The van der Waals surface area contributed by atoms with E-state index in [4.69, 9.17) is 5.73 Å². The van der Waals surface area contributed by atoms with Crippen LogP contribution >= 0.6 is 0 Å². The summed E-state index contributed by atoms with van der Waals surface area (Å²) in [6.07, 6.45) is 0.685. The van der Waals surface area contributed by atoms with Crippen molar-refractivity contribution in [1.29, 1.82) is 0 Å². The molecule has 37 heavy (non-hydrogen) atoms. The second-order valence-corrected chi connectivity index (χ2v) is 10.1. The third kappa shape index (κ3) is 5.23. The molecule has 1 unspecified atom stereocenters. The highest BCUT2D eigenvalue weighted by atomic mass is 19.4. The van der Waals surface area contributed by atoms with E-state index >= 15 is 0 Å². The van der Waals surface area contributed by atoms with E-state index in [0.29, 0.717) is 23.2 Å². The summed E-state index contributed by atoms with van der Waals surface area (Å²) in [6.45, 7) is 11.5. The summed E-state index contributed by atoms with van der Waals surface area (Å²) >= 11 is 0. The monoisotopic (exact) mass is 510 g/mol. The van der Waals surface area contributed by atoms with Crippen LogP contribution in [-0.2, 0) is 12.6 Å². The topological polar surface area (TPSA) is 70.3 Å². The van der Waals surface area contributed by atoms with Gasteiger partial charge in [-0.15, -0.1) is 6.58 Å². The Morgan fingerprint density at radius 2 is 1.89 bits per heavy atom. The lowest BCUT2D eigenvalue weighted by molar-refractivity contribution is -0.137. The van der Waals surface area contributed by atoms with E-state index in [2.05, 4.69) is 43.8 Å². The number of alkyl halides is 3. The second kappa shape index (κ2) is 9.85. The Balaban J connectivity index is 1.45. The van der Waals surface area contributed by atoms with Gasteiger partial charge in [0.1, 0.15) is 11.6 Å². The minimum atomic E-state index is -4.46. The molecule has 3 heterocycles.